The number of aryl methyl sites for hydroxylation is 1. The lowest BCUT2D eigenvalue weighted by molar-refractivity contribution is -0.237. The Labute approximate surface area is 142 Å². The van der Waals surface area contributed by atoms with E-state index in [2.05, 4.69) is 45.0 Å². The first-order valence-corrected chi connectivity index (χ1v) is 9.60. The van der Waals surface area contributed by atoms with Crippen LogP contribution in [0.5, 0.6) is 0 Å². The Morgan fingerprint density at radius 1 is 0.957 bits per heavy atom. The summed E-state index contributed by atoms with van der Waals surface area (Å²) in [4.78, 5) is 0. The molecule has 1 aliphatic heterocycles. The molecule has 0 saturated carbocycles. The number of hydrogen-bond donors (Lipinski definition) is 0. The normalized spacial score (nSPS) is 24.7. The first kappa shape index (κ1) is 18.5. The summed E-state index contributed by atoms with van der Waals surface area (Å²) in [7, 11) is 0. The van der Waals surface area contributed by atoms with Crippen LogP contribution in [0.15, 0.2) is 24.3 Å². The molecule has 23 heavy (non-hydrogen) atoms. The van der Waals surface area contributed by atoms with E-state index in [1.54, 1.807) is 0 Å². The zero-order valence-corrected chi connectivity index (χ0v) is 15.2. The molecule has 2 nitrogen and oxygen atoms in total. The smallest absolute Gasteiger partial charge is 0.184 e. The van der Waals surface area contributed by atoms with Crippen molar-refractivity contribution in [1.29, 1.82) is 0 Å². The Hall–Kier alpha value is -0.860. The second-order valence-corrected chi connectivity index (χ2v) is 6.96. The predicted molar refractivity (Wildman–Crippen MR) is 96.5 cm³/mol. The van der Waals surface area contributed by atoms with Gasteiger partial charge in [-0.2, -0.15) is 0 Å². The van der Waals surface area contributed by atoms with E-state index in [4.69, 9.17) is 9.47 Å². The molecule has 130 valence electrons. The van der Waals surface area contributed by atoms with Gasteiger partial charge in [0.15, 0.2) is 6.29 Å². The number of unbranched alkanes of at least 4 members (excludes halogenated alkanes) is 4. The van der Waals surface area contributed by atoms with Gasteiger partial charge < -0.3 is 9.47 Å². The minimum atomic E-state index is -0.183. The Morgan fingerprint density at radius 2 is 1.70 bits per heavy atom. The summed E-state index contributed by atoms with van der Waals surface area (Å²) in [5, 5.41) is 0. The van der Waals surface area contributed by atoms with Crippen LogP contribution in [-0.4, -0.2) is 12.7 Å². The largest absolute Gasteiger partial charge is 0.348 e. The quantitative estimate of drug-likeness (QED) is 0.516. The molecule has 0 spiro atoms. The number of rotatable bonds is 9. The molecule has 0 N–H and O–H groups in total. The highest BCUT2D eigenvalue weighted by atomic mass is 16.7. The highest BCUT2D eigenvalue weighted by molar-refractivity contribution is 5.23. The van der Waals surface area contributed by atoms with Gasteiger partial charge >= 0.3 is 0 Å². The van der Waals surface area contributed by atoms with E-state index >= 15 is 0 Å². The van der Waals surface area contributed by atoms with Gasteiger partial charge in [0.1, 0.15) is 0 Å². The standard InChI is InChI=1S/C21H34O2/c1-4-6-7-8-9-11-20-16-22-21(23-17(20)3)19-14-12-18(10-5-2)13-15-19/h12-15,17,20-21H,4-11,16H2,1-3H3. The SMILES string of the molecule is CCCCCCCC1COC(c2ccc(CCC)cc2)OC1C. The lowest BCUT2D eigenvalue weighted by atomic mass is 9.95. The molecule has 3 unspecified atom stereocenters. The summed E-state index contributed by atoms with van der Waals surface area (Å²) in [5.41, 5.74) is 2.54. The molecule has 1 heterocycles. The van der Waals surface area contributed by atoms with Crippen LogP contribution in [0.3, 0.4) is 0 Å². The van der Waals surface area contributed by atoms with Crippen LogP contribution in [0.25, 0.3) is 0 Å². The molecule has 0 amide bonds. The molecule has 0 aliphatic carbocycles. The van der Waals surface area contributed by atoms with Crippen molar-refractivity contribution in [3.05, 3.63) is 35.4 Å². The Balaban J connectivity index is 1.76. The fourth-order valence-electron chi connectivity index (χ4n) is 3.32. The lowest BCUT2D eigenvalue weighted by Crippen LogP contribution is -2.34. The monoisotopic (exact) mass is 318 g/mol. The van der Waals surface area contributed by atoms with Crippen molar-refractivity contribution < 1.29 is 9.47 Å². The topological polar surface area (TPSA) is 18.5 Å². The highest BCUT2D eigenvalue weighted by Gasteiger charge is 2.29. The van der Waals surface area contributed by atoms with E-state index in [1.165, 1.54) is 50.5 Å². The number of benzene rings is 1. The van der Waals surface area contributed by atoms with Gasteiger partial charge in [0.2, 0.25) is 0 Å². The molecule has 2 rings (SSSR count). The molecule has 2 heteroatoms. The fourth-order valence-corrected chi connectivity index (χ4v) is 3.32. The molecule has 0 radical (unpaired) electrons. The first-order chi connectivity index (χ1) is 11.2. The minimum Gasteiger partial charge on any atom is -0.348 e. The molecule has 1 aromatic carbocycles. The average Bonchev–Trinajstić information content (AvgIpc) is 2.57. The van der Waals surface area contributed by atoms with E-state index in [0.717, 1.165) is 18.6 Å². The first-order valence-electron chi connectivity index (χ1n) is 9.60. The van der Waals surface area contributed by atoms with Crippen LogP contribution in [0.1, 0.15) is 83.1 Å². The molecule has 1 saturated heterocycles. The van der Waals surface area contributed by atoms with Crippen molar-refractivity contribution in [1.82, 2.24) is 0 Å². The van der Waals surface area contributed by atoms with Crippen molar-refractivity contribution in [2.75, 3.05) is 6.61 Å². The summed E-state index contributed by atoms with van der Waals surface area (Å²) < 4.78 is 12.1. The predicted octanol–water partition coefficient (Wildman–Crippen LogP) is 6.05. The zero-order chi connectivity index (χ0) is 16.5. The Kier molecular flexibility index (Phi) is 8.11. The van der Waals surface area contributed by atoms with Gasteiger partial charge in [0, 0.05) is 11.5 Å². The Bertz CT molecular complexity index is 426. The van der Waals surface area contributed by atoms with Gasteiger partial charge in [-0.25, -0.2) is 0 Å². The van der Waals surface area contributed by atoms with E-state index in [0.29, 0.717) is 5.92 Å². The van der Waals surface area contributed by atoms with Crippen LogP contribution < -0.4 is 0 Å². The third kappa shape index (κ3) is 5.93. The molecular formula is C21H34O2. The van der Waals surface area contributed by atoms with Gasteiger partial charge in [-0.3, -0.25) is 0 Å². The van der Waals surface area contributed by atoms with Gasteiger partial charge in [-0.15, -0.1) is 0 Å². The number of ether oxygens (including phenoxy) is 2. The van der Waals surface area contributed by atoms with E-state index in [-0.39, 0.29) is 12.4 Å². The second-order valence-electron chi connectivity index (χ2n) is 6.96. The van der Waals surface area contributed by atoms with Crippen LogP contribution in [0.2, 0.25) is 0 Å². The molecule has 0 aromatic heterocycles. The summed E-state index contributed by atoms with van der Waals surface area (Å²) in [6, 6.07) is 8.73. The molecule has 3 atom stereocenters. The second kappa shape index (κ2) is 10.1. The number of hydrogen-bond acceptors (Lipinski definition) is 2. The van der Waals surface area contributed by atoms with Crippen LogP contribution in [0, 0.1) is 5.92 Å². The summed E-state index contributed by atoms with van der Waals surface area (Å²) in [6.07, 6.45) is 10.4. The molecule has 1 fully saturated rings. The van der Waals surface area contributed by atoms with Gasteiger partial charge in [-0.05, 0) is 25.3 Å². The van der Waals surface area contributed by atoms with Crippen LogP contribution in [-0.2, 0) is 15.9 Å². The third-order valence-corrected chi connectivity index (χ3v) is 4.93. The Morgan fingerprint density at radius 3 is 2.35 bits per heavy atom. The molecule has 1 aliphatic rings. The van der Waals surface area contributed by atoms with E-state index < -0.39 is 0 Å². The van der Waals surface area contributed by atoms with Crippen LogP contribution in [0.4, 0.5) is 0 Å². The van der Waals surface area contributed by atoms with Crippen molar-refractivity contribution in [2.45, 2.75) is 84.5 Å². The highest BCUT2D eigenvalue weighted by Crippen LogP contribution is 2.31. The molecular weight excluding hydrogens is 284 g/mol. The summed E-state index contributed by atoms with van der Waals surface area (Å²) in [6.45, 7) is 7.51. The van der Waals surface area contributed by atoms with Gasteiger partial charge in [0.25, 0.3) is 0 Å². The maximum Gasteiger partial charge on any atom is 0.184 e. The van der Waals surface area contributed by atoms with E-state index in [9.17, 15) is 0 Å². The van der Waals surface area contributed by atoms with Gasteiger partial charge in [-0.1, -0.05) is 76.6 Å². The lowest BCUT2D eigenvalue weighted by Gasteiger charge is -2.35. The maximum atomic E-state index is 6.14. The molecule has 1 aromatic rings. The van der Waals surface area contributed by atoms with Crippen molar-refractivity contribution in [2.24, 2.45) is 5.92 Å². The van der Waals surface area contributed by atoms with Crippen molar-refractivity contribution in [3.63, 3.8) is 0 Å². The summed E-state index contributed by atoms with van der Waals surface area (Å²) >= 11 is 0. The maximum absolute atomic E-state index is 6.14. The van der Waals surface area contributed by atoms with Crippen molar-refractivity contribution >= 4 is 0 Å². The minimum absolute atomic E-state index is 0.183. The third-order valence-electron chi connectivity index (χ3n) is 4.93. The van der Waals surface area contributed by atoms with Crippen LogP contribution >= 0.6 is 0 Å². The average molecular weight is 319 g/mol. The zero-order valence-electron chi connectivity index (χ0n) is 15.2. The van der Waals surface area contributed by atoms with E-state index in [1.807, 2.05) is 0 Å². The summed E-state index contributed by atoms with van der Waals surface area (Å²) in [5.74, 6) is 0.548. The fraction of sp³-hybridized carbons (Fsp3) is 0.714. The van der Waals surface area contributed by atoms with Gasteiger partial charge in [0.05, 0.1) is 12.7 Å². The molecule has 0 bridgehead atoms. The van der Waals surface area contributed by atoms with Crippen molar-refractivity contribution in [3.8, 4) is 0 Å².